The van der Waals surface area contributed by atoms with Crippen LogP contribution < -0.4 is 10.1 Å². The van der Waals surface area contributed by atoms with Crippen LogP contribution in [0.2, 0.25) is 5.02 Å². The first kappa shape index (κ1) is 14.3. The molecule has 3 rings (SSSR count). The molecule has 7 heteroatoms. The number of nitrogens with zero attached hydrogens (tertiary/aromatic N) is 3. The summed E-state index contributed by atoms with van der Waals surface area (Å²) >= 11 is 5.90. The molecule has 0 radical (unpaired) electrons. The largest absolute Gasteiger partial charge is 0.484 e. The highest BCUT2D eigenvalue weighted by Gasteiger charge is 2.14. The maximum Gasteiger partial charge on any atom is 0.264 e. The van der Waals surface area contributed by atoms with Crippen molar-refractivity contribution in [1.29, 1.82) is 0 Å². The topological polar surface area (TPSA) is 63.4 Å². The number of hydrogen-bond donors (Lipinski definition) is 1. The van der Waals surface area contributed by atoms with Crippen LogP contribution in [0.25, 0.3) is 0 Å². The van der Waals surface area contributed by atoms with Crippen molar-refractivity contribution in [3.05, 3.63) is 41.0 Å². The first-order valence-electron chi connectivity index (χ1n) is 6.92. The third kappa shape index (κ3) is 4.17. The van der Waals surface area contributed by atoms with Gasteiger partial charge < -0.3 is 14.6 Å². The molecule has 1 aromatic heterocycles. The van der Waals surface area contributed by atoms with Crippen LogP contribution in [0, 0.1) is 0 Å². The zero-order valence-corrected chi connectivity index (χ0v) is 12.3. The Labute approximate surface area is 128 Å². The molecular formula is C14H17ClN4O2. The highest BCUT2D eigenvalue weighted by molar-refractivity contribution is 6.30. The molecular weight excluding hydrogens is 292 g/mol. The van der Waals surface area contributed by atoms with Crippen molar-refractivity contribution in [1.82, 2.24) is 20.4 Å². The lowest BCUT2D eigenvalue weighted by atomic mass is 10.3. The number of halogens is 1. The summed E-state index contributed by atoms with van der Waals surface area (Å²) in [5.74, 6) is 1.85. The van der Waals surface area contributed by atoms with E-state index in [0.29, 0.717) is 29.0 Å². The van der Waals surface area contributed by atoms with Crippen molar-refractivity contribution in [3.63, 3.8) is 0 Å². The van der Waals surface area contributed by atoms with Crippen molar-refractivity contribution in [2.24, 2.45) is 0 Å². The van der Waals surface area contributed by atoms with Crippen molar-refractivity contribution in [2.45, 2.75) is 13.2 Å². The predicted molar refractivity (Wildman–Crippen MR) is 78.2 cm³/mol. The van der Waals surface area contributed by atoms with Gasteiger partial charge in [0.05, 0.1) is 6.54 Å². The summed E-state index contributed by atoms with van der Waals surface area (Å²) < 4.78 is 10.8. The van der Waals surface area contributed by atoms with Crippen LogP contribution in [0.4, 0.5) is 0 Å². The third-order valence-electron chi connectivity index (χ3n) is 3.24. The number of hydrogen-bond acceptors (Lipinski definition) is 6. The first-order valence-corrected chi connectivity index (χ1v) is 7.30. The van der Waals surface area contributed by atoms with Gasteiger partial charge in [0.2, 0.25) is 0 Å². The highest BCUT2D eigenvalue weighted by atomic mass is 35.5. The number of aromatic nitrogens is 2. The monoisotopic (exact) mass is 308 g/mol. The van der Waals surface area contributed by atoms with Crippen LogP contribution in [0.1, 0.15) is 11.7 Å². The molecule has 112 valence electrons. The van der Waals surface area contributed by atoms with Gasteiger partial charge in [-0.25, -0.2) is 0 Å². The minimum atomic E-state index is 0.245. The third-order valence-corrected chi connectivity index (χ3v) is 3.48. The summed E-state index contributed by atoms with van der Waals surface area (Å²) in [7, 11) is 0. The van der Waals surface area contributed by atoms with Gasteiger partial charge in [-0.1, -0.05) is 22.8 Å². The molecule has 1 fully saturated rings. The van der Waals surface area contributed by atoms with Gasteiger partial charge in [0, 0.05) is 31.2 Å². The summed E-state index contributed by atoms with van der Waals surface area (Å²) in [6.07, 6.45) is 0. The molecule has 0 spiro atoms. The molecule has 0 amide bonds. The lowest BCUT2D eigenvalue weighted by molar-refractivity contribution is 0.222. The first-order chi connectivity index (χ1) is 10.3. The minimum Gasteiger partial charge on any atom is -0.484 e. The Hall–Kier alpha value is -1.63. The van der Waals surface area contributed by atoms with E-state index in [4.69, 9.17) is 20.9 Å². The van der Waals surface area contributed by atoms with E-state index in [-0.39, 0.29) is 6.61 Å². The molecule has 2 aromatic rings. The molecule has 6 nitrogen and oxygen atoms in total. The summed E-state index contributed by atoms with van der Waals surface area (Å²) in [4.78, 5) is 6.64. The molecule has 1 aliphatic rings. The summed E-state index contributed by atoms with van der Waals surface area (Å²) in [5.41, 5.74) is 0. The van der Waals surface area contributed by atoms with E-state index in [1.807, 2.05) is 12.1 Å². The van der Waals surface area contributed by atoms with Crippen LogP contribution in [0.3, 0.4) is 0 Å². The van der Waals surface area contributed by atoms with Gasteiger partial charge in [-0.3, -0.25) is 4.90 Å². The molecule has 0 saturated carbocycles. The number of ether oxygens (including phenoxy) is 1. The number of nitrogens with one attached hydrogen (secondary N) is 1. The molecule has 0 bridgehead atoms. The normalized spacial score (nSPS) is 16.0. The van der Waals surface area contributed by atoms with Crippen molar-refractivity contribution < 1.29 is 9.26 Å². The van der Waals surface area contributed by atoms with E-state index in [1.54, 1.807) is 12.1 Å². The smallest absolute Gasteiger partial charge is 0.264 e. The Bertz CT molecular complexity index is 584. The van der Waals surface area contributed by atoms with Gasteiger partial charge in [-0.05, 0) is 18.2 Å². The van der Waals surface area contributed by atoms with Crippen LogP contribution in [-0.2, 0) is 13.2 Å². The fraction of sp³-hybridized carbons (Fsp3) is 0.429. The second-order valence-electron chi connectivity index (χ2n) is 4.88. The molecule has 1 saturated heterocycles. The predicted octanol–water partition coefficient (Wildman–Crippen LogP) is 1.71. The Morgan fingerprint density at radius 1 is 1.33 bits per heavy atom. The Morgan fingerprint density at radius 3 is 3.00 bits per heavy atom. The van der Waals surface area contributed by atoms with Crippen LogP contribution in [0.15, 0.2) is 28.8 Å². The number of piperazine rings is 1. The molecule has 21 heavy (non-hydrogen) atoms. The number of rotatable bonds is 5. The fourth-order valence-corrected chi connectivity index (χ4v) is 2.36. The Morgan fingerprint density at radius 2 is 2.19 bits per heavy atom. The van der Waals surface area contributed by atoms with E-state index in [2.05, 4.69) is 20.4 Å². The van der Waals surface area contributed by atoms with E-state index in [0.717, 1.165) is 26.2 Å². The van der Waals surface area contributed by atoms with E-state index >= 15 is 0 Å². The molecule has 1 aromatic carbocycles. The Balaban J connectivity index is 1.52. The van der Waals surface area contributed by atoms with Crippen molar-refractivity contribution in [3.8, 4) is 5.75 Å². The maximum absolute atomic E-state index is 5.90. The summed E-state index contributed by atoms with van der Waals surface area (Å²) in [6.45, 7) is 4.97. The number of benzene rings is 1. The molecule has 1 N–H and O–H groups in total. The zero-order chi connectivity index (χ0) is 14.5. The fourth-order valence-electron chi connectivity index (χ4n) is 2.18. The van der Waals surface area contributed by atoms with Crippen LogP contribution in [0.5, 0.6) is 5.75 Å². The molecule has 1 aliphatic heterocycles. The minimum absolute atomic E-state index is 0.245. The lowest BCUT2D eigenvalue weighted by Crippen LogP contribution is -2.43. The zero-order valence-electron chi connectivity index (χ0n) is 11.6. The van der Waals surface area contributed by atoms with Gasteiger partial charge in [0.25, 0.3) is 5.89 Å². The SMILES string of the molecule is Clc1cccc(OCc2nc(CN3CCNCC3)no2)c1. The average molecular weight is 309 g/mol. The van der Waals surface area contributed by atoms with Crippen molar-refractivity contribution in [2.75, 3.05) is 26.2 Å². The van der Waals surface area contributed by atoms with E-state index in [1.165, 1.54) is 0 Å². The molecule has 0 atom stereocenters. The maximum atomic E-state index is 5.90. The standard InChI is InChI=1S/C14H17ClN4O2/c15-11-2-1-3-12(8-11)20-10-14-17-13(18-21-14)9-19-6-4-16-5-7-19/h1-3,8,16H,4-7,9-10H2. The average Bonchev–Trinajstić information content (AvgIpc) is 2.94. The van der Waals surface area contributed by atoms with Crippen molar-refractivity contribution >= 4 is 11.6 Å². The van der Waals surface area contributed by atoms with Gasteiger partial charge in [0.15, 0.2) is 12.4 Å². The van der Waals surface area contributed by atoms with Gasteiger partial charge in [-0.2, -0.15) is 4.98 Å². The van der Waals surface area contributed by atoms with Gasteiger partial charge >= 0.3 is 0 Å². The van der Waals surface area contributed by atoms with Crippen LogP contribution in [-0.4, -0.2) is 41.2 Å². The summed E-state index contributed by atoms with van der Waals surface area (Å²) in [6, 6.07) is 7.22. The summed E-state index contributed by atoms with van der Waals surface area (Å²) in [5, 5.41) is 7.93. The van der Waals surface area contributed by atoms with Gasteiger partial charge in [0.1, 0.15) is 5.75 Å². The second kappa shape index (κ2) is 6.89. The second-order valence-corrected chi connectivity index (χ2v) is 5.31. The molecule has 0 aliphatic carbocycles. The van der Waals surface area contributed by atoms with E-state index < -0.39 is 0 Å². The van der Waals surface area contributed by atoms with E-state index in [9.17, 15) is 0 Å². The van der Waals surface area contributed by atoms with Gasteiger partial charge in [-0.15, -0.1) is 0 Å². The van der Waals surface area contributed by atoms with Crippen LogP contribution >= 0.6 is 11.6 Å². The quantitative estimate of drug-likeness (QED) is 0.907. The lowest BCUT2D eigenvalue weighted by Gasteiger charge is -2.25. The molecule has 2 heterocycles. The Kier molecular flexibility index (Phi) is 4.69. The highest BCUT2D eigenvalue weighted by Crippen LogP contribution is 2.18. The molecule has 0 unspecified atom stereocenters.